The topological polar surface area (TPSA) is 70.8 Å². The van der Waals surface area contributed by atoms with Crippen molar-refractivity contribution in [1.29, 1.82) is 0 Å². The molecule has 1 aromatic heterocycles. The number of aliphatic hydroxyl groups is 1. The van der Waals surface area contributed by atoms with Gasteiger partial charge in [-0.05, 0) is 65.8 Å². The third-order valence-electron chi connectivity index (χ3n) is 7.19. The number of carbonyl (C=O) groups is 2. The maximum atomic E-state index is 13.9. The lowest BCUT2D eigenvalue weighted by Crippen LogP contribution is -2.31. The second kappa shape index (κ2) is 9.48. The predicted octanol–water partition coefficient (Wildman–Crippen LogP) is 7.78. The van der Waals surface area contributed by atoms with Gasteiger partial charge in [-0.2, -0.15) is 0 Å². The van der Waals surface area contributed by atoms with Crippen LogP contribution >= 0.6 is 11.6 Å². The number of rotatable bonds is 5. The zero-order chi connectivity index (χ0) is 27.4. The molecule has 5 rings (SSSR count). The van der Waals surface area contributed by atoms with Crippen molar-refractivity contribution in [2.75, 3.05) is 0 Å². The summed E-state index contributed by atoms with van der Waals surface area (Å²) in [6.07, 6.45) is 0. The van der Waals surface area contributed by atoms with Crippen molar-refractivity contribution in [3.8, 4) is 0 Å². The van der Waals surface area contributed by atoms with Gasteiger partial charge in [0.05, 0.1) is 11.6 Å². The number of furan rings is 1. The van der Waals surface area contributed by atoms with Gasteiger partial charge in [-0.25, -0.2) is 0 Å². The summed E-state index contributed by atoms with van der Waals surface area (Å²) in [6.45, 7) is 10.6. The summed E-state index contributed by atoms with van der Waals surface area (Å²) < 4.78 is 5.83. The third kappa shape index (κ3) is 4.63. The first-order chi connectivity index (χ1) is 17.9. The molecule has 0 saturated heterocycles. The molecule has 1 aliphatic rings. The van der Waals surface area contributed by atoms with Crippen molar-refractivity contribution in [3.63, 3.8) is 0 Å². The number of aliphatic hydroxyl groups excluding tert-OH is 1. The van der Waals surface area contributed by atoms with Crippen LogP contribution in [0, 0.1) is 13.8 Å². The van der Waals surface area contributed by atoms with Crippen molar-refractivity contribution < 1.29 is 19.1 Å². The number of nitrogens with zero attached hydrogens (tertiary/aromatic N) is 1. The molecule has 0 aliphatic carbocycles. The number of Topliss-reactive ketones (excluding diaryl/α,β-unsaturated/α-hetero) is 1. The van der Waals surface area contributed by atoms with E-state index in [-0.39, 0.29) is 23.3 Å². The van der Waals surface area contributed by atoms with Crippen LogP contribution in [-0.2, 0) is 16.8 Å². The summed E-state index contributed by atoms with van der Waals surface area (Å²) in [4.78, 5) is 28.9. The van der Waals surface area contributed by atoms with E-state index in [1.807, 2.05) is 56.3 Å². The molecule has 1 amide bonds. The van der Waals surface area contributed by atoms with E-state index in [4.69, 9.17) is 16.0 Å². The monoisotopic (exact) mass is 527 g/mol. The molecule has 6 heteroatoms. The number of fused-ring (bicyclic) bond motifs is 1. The van der Waals surface area contributed by atoms with Crippen molar-refractivity contribution in [2.24, 2.45) is 0 Å². The van der Waals surface area contributed by atoms with Crippen LogP contribution in [0.15, 0.2) is 82.5 Å². The van der Waals surface area contributed by atoms with Crippen LogP contribution in [0.4, 0.5) is 0 Å². The van der Waals surface area contributed by atoms with Crippen LogP contribution in [-0.4, -0.2) is 21.7 Å². The molecular weight excluding hydrogens is 498 g/mol. The largest absolute Gasteiger partial charge is 0.503 e. The molecule has 4 aromatic rings. The SMILES string of the molecule is Cc1ccc(C)c(CN2C(=O)C(O)=C(C(=O)c3cc4cc(Cl)ccc4o3)C2c2ccc(C(C)(C)C)cc2)c1. The summed E-state index contributed by atoms with van der Waals surface area (Å²) in [6, 6.07) is 19.8. The van der Waals surface area contributed by atoms with Gasteiger partial charge in [0.15, 0.2) is 11.5 Å². The van der Waals surface area contributed by atoms with Crippen molar-refractivity contribution in [1.82, 2.24) is 4.90 Å². The van der Waals surface area contributed by atoms with Crippen molar-refractivity contribution in [3.05, 3.63) is 117 Å². The van der Waals surface area contributed by atoms with E-state index in [1.54, 1.807) is 29.2 Å². The Hall–Kier alpha value is -3.83. The fraction of sp³-hybridized carbons (Fsp3) is 0.250. The first-order valence-corrected chi connectivity index (χ1v) is 13.0. The molecule has 0 spiro atoms. The Kier molecular flexibility index (Phi) is 6.44. The number of carbonyl (C=O) groups excluding carboxylic acids is 2. The molecule has 2 heterocycles. The lowest BCUT2D eigenvalue weighted by molar-refractivity contribution is -0.130. The fourth-order valence-corrected chi connectivity index (χ4v) is 5.15. The summed E-state index contributed by atoms with van der Waals surface area (Å²) in [5.74, 6) is -1.62. The summed E-state index contributed by atoms with van der Waals surface area (Å²) in [5, 5.41) is 12.3. The molecule has 1 atom stereocenters. The number of hydrogen-bond donors (Lipinski definition) is 1. The minimum atomic E-state index is -0.777. The number of halogens is 1. The normalized spacial score (nSPS) is 16.1. The molecule has 0 radical (unpaired) electrons. The highest BCUT2D eigenvalue weighted by molar-refractivity contribution is 6.31. The van der Waals surface area contributed by atoms with E-state index in [0.29, 0.717) is 16.0 Å². The molecule has 1 aliphatic heterocycles. The maximum absolute atomic E-state index is 13.9. The second-order valence-corrected chi connectivity index (χ2v) is 11.5. The third-order valence-corrected chi connectivity index (χ3v) is 7.42. The van der Waals surface area contributed by atoms with Crippen LogP contribution in [0.3, 0.4) is 0 Å². The average Bonchev–Trinajstić information content (AvgIpc) is 3.39. The Balaban J connectivity index is 1.61. The van der Waals surface area contributed by atoms with Crippen LogP contribution in [0.1, 0.15) is 65.2 Å². The fourth-order valence-electron chi connectivity index (χ4n) is 4.97. The predicted molar refractivity (Wildman–Crippen MR) is 150 cm³/mol. The molecule has 3 aromatic carbocycles. The number of ketones is 1. The highest BCUT2D eigenvalue weighted by atomic mass is 35.5. The molecule has 38 heavy (non-hydrogen) atoms. The van der Waals surface area contributed by atoms with Crippen LogP contribution in [0.2, 0.25) is 5.02 Å². The second-order valence-electron chi connectivity index (χ2n) is 11.0. The van der Waals surface area contributed by atoms with E-state index in [1.165, 1.54) is 0 Å². The van der Waals surface area contributed by atoms with Gasteiger partial charge in [-0.1, -0.05) is 80.4 Å². The standard InChI is InChI=1S/C32H30ClNO4/c1-18-6-7-19(2)22(14-18)17-34-28(20-8-10-23(11-9-20)32(3,4)5)27(30(36)31(34)37)29(35)26-16-21-15-24(33)12-13-25(21)38-26/h6-16,28,36H,17H2,1-5H3. The number of aryl methyl sites for hydroxylation is 2. The molecular formula is C32H30ClNO4. The molecule has 5 nitrogen and oxygen atoms in total. The van der Waals surface area contributed by atoms with Gasteiger partial charge in [0.2, 0.25) is 5.78 Å². The minimum Gasteiger partial charge on any atom is -0.503 e. The van der Waals surface area contributed by atoms with Gasteiger partial charge in [0.25, 0.3) is 5.91 Å². The first kappa shape index (κ1) is 25.8. The van der Waals surface area contributed by atoms with E-state index < -0.39 is 23.5 Å². The van der Waals surface area contributed by atoms with Gasteiger partial charge in [-0.15, -0.1) is 0 Å². The number of benzene rings is 3. The van der Waals surface area contributed by atoms with Gasteiger partial charge >= 0.3 is 0 Å². The first-order valence-electron chi connectivity index (χ1n) is 12.6. The van der Waals surface area contributed by atoms with E-state index in [0.717, 1.165) is 27.8 Å². The quantitative estimate of drug-likeness (QED) is 0.269. The molecule has 1 unspecified atom stereocenters. The van der Waals surface area contributed by atoms with Gasteiger partial charge in [0.1, 0.15) is 5.58 Å². The summed E-state index contributed by atoms with van der Waals surface area (Å²) >= 11 is 6.12. The molecule has 194 valence electrons. The average molecular weight is 528 g/mol. The Morgan fingerprint density at radius 2 is 1.71 bits per heavy atom. The summed E-state index contributed by atoms with van der Waals surface area (Å²) in [5.41, 5.74) is 5.36. The Labute approximate surface area is 227 Å². The Morgan fingerprint density at radius 3 is 2.39 bits per heavy atom. The van der Waals surface area contributed by atoms with Crippen LogP contribution in [0.25, 0.3) is 11.0 Å². The number of amides is 1. The highest BCUT2D eigenvalue weighted by Crippen LogP contribution is 2.41. The van der Waals surface area contributed by atoms with E-state index >= 15 is 0 Å². The molecule has 1 N–H and O–H groups in total. The van der Waals surface area contributed by atoms with Gasteiger partial charge in [0, 0.05) is 17.0 Å². The molecule has 0 fully saturated rings. The molecule has 0 saturated carbocycles. The molecule has 0 bridgehead atoms. The minimum absolute atomic E-state index is 0.00830. The smallest absolute Gasteiger partial charge is 0.290 e. The van der Waals surface area contributed by atoms with E-state index in [9.17, 15) is 14.7 Å². The van der Waals surface area contributed by atoms with E-state index in [2.05, 4.69) is 20.8 Å². The zero-order valence-electron chi connectivity index (χ0n) is 22.1. The van der Waals surface area contributed by atoms with Crippen molar-refractivity contribution in [2.45, 2.75) is 52.6 Å². The summed E-state index contributed by atoms with van der Waals surface area (Å²) in [7, 11) is 0. The zero-order valence-corrected chi connectivity index (χ0v) is 22.9. The lowest BCUT2D eigenvalue weighted by Gasteiger charge is -2.28. The maximum Gasteiger partial charge on any atom is 0.290 e. The number of hydrogen-bond acceptors (Lipinski definition) is 4. The van der Waals surface area contributed by atoms with Crippen molar-refractivity contribution >= 4 is 34.3 Å². The Bertz CT molecular complexity index is 1600. The van der Waals surface area contributed by atoms with Crippen LogP contribution < -0.4 is 0 Å². The highest BCUT2D eigenvalue weighted by Gasteiger charge is 2.44. The Morgan fingerprint density at radius 1 is 1.00 bits per heavy atom. The van der Waals surface area contributed by atoms with Crippen LogP contribution in [0.5, 0.6) is 0 Å². The van der Waals surface area contributed by atoms with Gasteiger partial charge < -0.3 is 14.4 Å². The lowest BCUT2D eigenvalue weighted by atomic mass is 9.85. The van der Waals surface area contributed by atoms with Gasteiger partial charge in [-0.3, -0.25) is 9.59 Å².